The van der Waals surface area contributed by atoms with E-state index in [1.54, 1.807) is 12.1 Å². The maximum Gasteiger partial charge on any atom is 0.225 e. The average Bonchev–Trinajstić information content (AvgIpc) is 2.44. The van der Waals surface area contributed by atoms with Crippen molar-refractivity contribution < 1.29 is 13.2 Å². The van der Waals surface area contributed by atoms with Gasteiger partial charge in [0.15, 0.2) is 9.84 Å². The molecule has 0 aromatic heterocycles. The largest absolute Gasteiger partial charge is 0.352 e. The predicted molar refractivity (Wildman–Crippen MR) is 91.4 cm³/mol. The Balaban J connectivity index is 1.91. The van der Waals surface area contributed by atoms with Crippen LogP contribution < -0.4 is 11.1 Å². The summed E-state index contributed by atoms with van der Waals surface area (Å²) in [4.78, 5) is 12.4. The van der Waals surface area contributed by atoms with Gasteiger partial charge in [-0.25, -0.2) is 8.42 Å². The minimum absolute atomic E-state index is 0.00918. The Kier molecular flexibility index (Phi) is 5.47. The van der Waals surface area contributed by atoms with E-state index in [0.717, 1.165) is 36.8 Å². The molecular weight excluding hydrogens is 312 g/mol. The second-order valence-corrected chi connectivity index (χ2v) is 9.05. The maximum absolute atomic E-state index is 12.4. The molecule has 1 saturated carbocycles. The molecule has 0 heterocycles. The first-order valence-corrected chi connectivity index (χ1v) is 10.1. The summed E-state index contributed by atoms with van der Waals surface area (Å²) in [6.07, 6.45) is 5.07. The first kappa shape index (κ1) is 17.9. The Labute approximate surface area is 138 Å². The summed E-state index contributed by atoms with van der Waals surface area (Å²) in [5.74, 6) is -0.0940. The quantitative estimate of drug-likeness (QED) is 0.856. The summed E-state index contributed by atoms with van der Waals surface area (Å²) in [6, 6.07) is 7.28. The summed E-state index contributed by atoms with van der Waals surface area (Å²) in [6.45, 7) is 2.39. The van der Waals surface area contributed by atoms with E-state index in [1.807, 2.05) is 19.1 Å². The van der Waals surface area contributed by atoms with Crippen molar-refractivity contribution in [3.8, 4) is 0 Å². The smallest absolute Gasteiger partial charge is 0.225 e. The van der Waals surface area contributed by atoms with Crippen LogP contribution in [0.3, 0.4) is 0 Å². The van der Waals surface area contributed by atoms with Crippen molar-refractivity contribution in [1.82, 2.24) is 5.32 Å². The third kappa shape index (κ3) is 5.32. The highest BCUT2D eigenvalue weighted by Gasteiger charge is 2.37. The highest BCUT2D eigenvalue weighted by molar-refractivity contribution is 7.89. The predicted octanol–water partition coefficient (Wildman–Crippen LogP) is 1.75. The number of carbonyl (C=O) groups excluding carboxylic acids is 1. The van der Waals surface area contributed by atoms with Gasteiger partial charge in [-0.3, -0.25) is 4.79 Å². The SMILES string of the molecule is CC1(N)CCCCC1C(=O)NCc1ccc(CS(C)(=O)=O)cc1. The molecule has 3 N–H and O–H groups in total. The fraction of sp³-hybridized carbons (Fsp3) is 0.588. The molecule has 1 fully saturated rings. The van der Waals surface area contributed by atoms with Gasteiger partial charge in [-0.1, -0.05) is 37.1 Å². The fourth-order valence-corrected chi connectivity index (χ4v) is 3.96. The summed E-state index contributed by atoms with van der Waals surface area (Å²) in [7, 11) is -3.03. The molecule has 2 rings (SSSR count). The molecule has 128 valence electrons. The molecule has 6 heteroatoms. The molecule has 1 amide bonds. The molecule has 23 heavy (non-hydrogen) atoms. The summed E-state index contributed by atoms with van der Waals surface area (Å²) in [5, 5.41) is 2.95. The zero-order valence-electron chi connectivity index (χ0n) is 13.8. The van der Waals surface area contributed by atoms with Gasteiger partial charge in [-0.15, -0.1) is 0 Å². The Hall–Kier alpha value is -1.40. The zero-order chi connectivity index (χ0) is 17.1. The molecule has 0 aliphatic heterocycles. The van der Waals surface area contributed by atoms with Crippen LogP contribution >= 0.6 is 0 Å². The normalized spacial score (nSPS) is 25.1. The van der Waals surface area contributed by atoms with E-state index in [9.17, 15) is 13.2 Å². The molecule has 2 unspecified atom stereocenters. The van der Waals surface area contributed by atoms with Gasteiger partial charge in [0.2, 0.25) is 5.91 Å². The van der Waals surface area contributed by atoms with Crippen molar-refractivity contribution in [1.29, 1.82) is 0 Å². The minimum atomic E-state index is -3.03. The standard InChI is InChI=1S/C17H26N2O3S/c1-17(18)10-4-3-5-15(17)16(20)19-11-13-6-8-14(9-7-13)12-23(2,21)22/h6-9,15H,3-5,10-12,18H2,1-2H3,(H,19,20). The van der Waals surface area contributed by atoms with Crippen LogP contribution in [0.2, 0.25) is 0 Å². The number of rotatable bonds is 5. The second kappa shape index (κ2) is 7.01. The molecule has 0 bridgehead atoms. The summed E-state index contributed by atoms with van der Waals surface area (Å²) in [5.41, 5.74) is 7.53. The van der Waals surface area contributed by atoms with Crippen LogP contribution in [0.5, 0.6) is 0 Å². The molecule has 0 saturated heterocycles. The van der Waals surface area contributed by atoms with E-state index in [1.165, 1.54) is 6.26 Å². The molecule has 0 spiro atoms. The monoisotopic (exact) mass is 338 g/mol. The maximum atomic E-state index is 12.4. The van der Waals surface area contributed by atoms with Gasteiger partial charge in [-0.2, -0.15) is 0 Å². The van der Waals surface area contributed by atoms with Crippen molar-refractivity contribution in [2.75, 3.05) is 6.26 Å². The van der Waals surface area contributed by atoms with Crippen molar-refractivity contribution in [3.05, 3.63) is 35.4 Å². The Morgan fingerprint density at radius 2 is 1.87 bits per heavy atom. The molecule has 1 aromatic rings. The number of carbonyl (C=O) groups is 1. The number of sulfone groups is 1. The topological polar surface area (TPSA) is 89.3 Å². The van der Waals surface area contributed by atoms with E-state index in [0.29, 0.717) is 6.54 Å². The molecule has 1 aromatic carbocycles. The minimum Gasteiger partial charge on any atom is -0.352 e. The third-order valence-electron chi connectivity index (χ3n) is 4.49. The number of benzene rings is 1. The molecule has 0 radical (unpaired) electrons. The van der Waals surface area contributed by atoms with Gasteiger partial charge >= 0.3 is 0 Å². The summed E-state index contributed by atoms with van der Waals surface area (Å²) < 4.78 is 22.5. The lowest BCUT2D eigenvalue weighted by Gasteiger charge is -2.37. The van der Waals surface area contributed by atoms with Crippen molar-refractivity contribution in [2.45, 2.75) is 50.4 Å². The lowest BCUT2D eigenvalue weighted by atomic mass is 9.74. The van der Waals surface area contributed by atoms with Crippen molar-refractivity contribution in [2.24, 2.45) is 11.7 Å². The van der Waals surface area contributed by atoms with Gasteiger partial charge in [0.05, 0.1) is 11.7 Å². The Bertz CT molecular complexity index is 651. The Morgan fingerprint density at radius 3 is 2.43 bits per heavy atom. The zero-order valence-corrected chi connectivity index (χ0v) is 14.7. The first-order valence-electron chi connectivity index (χ1n) is 7.99. The third-order valence-corrected chi connectivity index (χ3v) is 5.35. The summed E-state index contributed by atoms with van der Waals surface area (Å²) >= 11 is 0. The van der Waals surface area contributed by atoms with Crippen LogP contribution in [0.1, 0.15) is 43.7 Å². The van der Waals surface area contributed by atoms with Crippen LogP contribution in [0.4, 0.5) is 0 Å². The van der Waals surface area contributed by atoms with Gasteiger partial charge in [0.1, 0.15) is 0 Å². The van der Waals surface area contributed by atoms with Crippen LogP contribution in [0, 0.1) is 5.92 Å². The van der Waals surface area contributed by atoms with Gasteiger partial charge in [0.25, 0.3) is 0 Å². The van der Waals surface area contributed by atoms with E-state index in [2.05, 4.69) is 5.32 Å². The highest BCUT2D eigenvalue weighted by Crippen LogP contribution is 2.31. The number of hydrogen-bond donors (Lipinski definition) is 2. The number of nitrogens with one attached hydrogen (secondary N) is 1. The number of hydrogen-bond acceptors (Lipinski definition) is 4. The van der Waals surface area contributed by atoms with E-state index >= 15 is 0 Å². The fourth-order valence-electron chi connectivity index (χ4n) is 3.16. The van der Waals surface area contributed by atoms with Gasteiger partial charge < -0.3 is 11.1 Å². The van der Waals surface area contributed by atoms with Gasteiger partial charge in [0, 0.05) is 18.3 Å². The van der Waals surface area contributed by atoms with Crippen molar-refractivity contribution >= 4 is 15.7 Å². The van der Waals surface area contributed by atoms with E-state index < -0.39 is 15.4 Å². The van der Waals surface area contributed by atoms with Gasteiger partial charge in [-0.05, 0) is 30.9 Å². The number of nitrogens with two attached hydrogens (primary N) is 1. The molecular formula is C17H26N2O3S. The average molecular weight is 338 g/mol. The van der Waals surface area contributed by atoms with Crippen LogP contribution in [-0.2, 0) is 26.9 Å². The highest BCUT2D eigenvalue weighted by atomic mass is 32.2. The van der Waals surface area contributed by atoms with Crippen molar-refractivity contribution in [3.63, 3.8) is 0 Å². The second-order valence-electron chi connectivity index (χ2n) is 6.91. The first-order chi connectivity index (χ1) is 10.7. The van der Waals surface area contributed by atoms with E-state index in [4.69, 9.17) is 5.73 Å². The van der Waals surface area contributed by atoms with Crippen LogP contribution in [0.15, 0.2) is 24.3 Å². The van der Waals surface area contributed by atoms with Crippen LogP contribution in [-0.4, -0.2) is 26.1 Å². The van der Waals surface area contributed by atoms with Crippen LogP contribution in [0.25, 0.3) is 0 Å². The molecule has 2 atom stereocenters. The van der Waals surface area contributed by atoms with E-state index in [-0.39, 0.29) is 17.6 Å². The molecule has 5 nitrogen and oxygen atoms in total. The lowest BCUT2D eigenvalue weighted by Crippen LogP contribution is -2.52. The number of amides is 1. The molecule has 1 aliphatic rings. The lowest BCUT2D eigenvalue weighted by molar-refractivity contribution is -0.128. The Morgan fingerprint density at radius 1 is 1.26 bits per heavy atom. The molecule has 1 aliphatic carbocycles.